The van der Waals surface area contributed by atoms with Crippen LogP contribution in [0.25, 0.3) is 0 Å². The molecule has 0 rings (SSSR count). The molecule has 6 heteroatoms. The second-order valence-electron chi connectivity index (χ2n) is 3.01. The number of nitrogens with zero attached hydrogens (tertiary/aromatic N) is 1. The Morgan fingerprint density at radius 1 is 1.50 bits per heavy atom. The lowest BCUT2D eigenvalue weighted by Crippen LogP contribution is -2.48. The molecule has 14 heavy (non-hydrogen) atoms. The van der Waals surface area contributed by atoms with Crippen LogP contribution < -0.4 is 16.4 Å². The monoisotopic (exact) mass is 202 g/mol. The van der Waals surface area contributed by atoms with Crippen LogP contribution in [0.4, 0.5) is 4.79 Å². The number of nitrogens with one attached hydrogen (secondary N) is 2. The molecule has 82 valence electrons. The van der Waals surface area contributed by atoms with Crippen LogP contribution in [-0.4, -0.2) is 50.1 Å². The molecule has 0 aliphatic rings. The number of carbonyl (C=O) groups is 2. The Balaban J connectivity index is 4.04. The van der Waals surface area contributed by atoms with Crippen molar-refractivity contribution in [2.24, 2.45) is 5.73 Å². The van der Waals surface area contributed by atoms with Gasteiger partial charge in [-0.05, 0) is 14.0 Å². The van der Waals surface area contributed by atoms with Crippen LogP contribution in [0.2, 0.25) is 0 Å². The summed E-state index contributed by atoms with van der Waals surface area (Å²) in [6.07, 6.45) is 0. The van der Waals surface area contributed by atoms with Gasteiger partial charge in [0, 0.05) is 20.1 Å². The number of nitrogens with two attached hydrogens (primary N) is 1. The van der Waals surface area contributed by atoms with Crippen molar-refractivity contribution >= 4 is 11.9 Å². The van der Waals surface area contributed by atoms with Gasteiger partial charge in [0.05, 0.1) is 6.04 Å². The predicted molar refractivity (Wildman–Crippen MR) is 53.7 cm³/mol. The number of rotatable bonds is 4. The number of carbonyl (C=O) groups excluding carboxylic acids is 2. The minimum Gasteiger partial charge on any atom is -0.341 e. The van der Waals surface area contributed by atoms with Crippen LogP contribution in [0, 0.1) is 0 Å². The molecule has 0 aliphatic heterocycles. The van der Waals surface area contributed by atoms with Crippen LogP contribution in [-0.2, 0) is 4.79 Å². The van der Waals surface area contributed by atoms with Crippen molar-refractivity contribution in [3.05, 3.63) is 0 Å². The number of amides is 3. The number of hydrogen-bond acceptors (Lipinski definition) is 4. The second-order valence-corrected chi connectivity index (χ2v) is 3.01. The minimum atomic E-state index is -0.497. The molecule has 0 aromatic heterocycles. The molecule has 0 radical (unpaired) electrons. The molecule has 0 aromatic carbocycles. The van der Waals surface area contributed by atoms with Crippen LogP contribution in [0.5, 0.6) is 0 Å². The predicted octanol–water partition coefficient (Wildman–Crippen LogP) is -1.28. The summed E-state index contributed by atoms with van der Waals surface area (Å²) in [6.45, 7) is 2.81. The maximum atomic E-state index is 11.4. The molecule has 4 N–H and O–H groups in total. The summed E-state index contributed by atoms with van der Waals surface area (Å²) in [5, 5.41) is 4.50. The summed E-state index contributed by atoms with van der Waals surface area (Å²) in [5.41, 5.74) is 5.34. The Kier molecular flexibility index (Phi) is 5.82. The lowest BCUT2D eigenvalue weighted by Gasteiger charge is -2.22. The van der Waals surface area contributed by atoms with Crippen molar-refractivity contribution in [1.82, 2.24) is 15.5 Å². The van der Waals surface area contributed by atoms with Crippen molar-refractivity contribution in [2.45, 2.75) is 13.0 Å². The Hall–Kier alpha value is -1.14. The molecular weight excluding hydrogens is 184 g/mol. The Morgan fingerprint density at radius 2 is 2.07 bits per heavy atom. The van der Waals surface area contributed by atoms with E-state index < -0.39 is 6.03 Å². The van der Waals surface area contributed by atoms with Gasteiger partial charge in [0.25, 0.3) is 0 Å². The quantitative estimate of drug-likeness (QED) is 0.530. The molecular formula is C8H18N4O2. The zero-order valence-electron chi connectivity index (χ0n) is 8.83. The summed E-state index contributed by atoms with van der Waals surface area (Å²) in [6, 6.07) is -0.862. The van der Waals surface area contributed by atoms with Gasteiger partial charge in [-0.2, -0.15) is 0 Å². The fraction of sp³-hybridized carbons (Fsp3) is 0.750. The maximum Gasteiger partial charge on any atom is 0.321 e. The Morgan fingerprint density at radius 3 is 2.50 bits per heavy atom. The number of imide groups is 1. The number of urea groups is 1. The summed E-state index contributed by atoms with van der Waals surface area (Å²) >= 11 is 0. The Labute approximate surface area is 83.8 Å². The van der Waals surface area contributed by atoms with Crippen molar-refractivity contribution in [1.29, 1.82) is 0 Å². The smallest absolute Gasteiger partial charge is 0.321 e. The van der Waals surface area contributed by atoms with Crippen molar-refractivity contribution in [3.8, 4) is 0 Å². The van der Waals surface area contributed by atoms with Crippen LogP contribution >= 0.6 is 0 Å². The molecule has 0 fully saturated rings. The van der Waals surface area contributed by atoms with E-state index in [1.807, 2.05) is 0 Å². The first-order valence-corrected chi connectivity index (χ1v) is 4.45. The molecule has 1 atom stereocenters. The van der Waals surface area contributed by atoms with Gasteiger partial charge in [-0.3, -0.25) is 15.0 Å². The Bertz CT molecular complexity index is 208. The van der Waals surface area contributed by atoms with E-state index in [0.717, 1.165) is 0 Å². The lowest BCUT2D eigenvalue weighted by atomic mass is 10.3. The van der Waals surface area contributed by atoms with Gasteiger partial charge in [-0.1, -0.05) is 0 Å². The number of likely N-dealkylation sites (N-methyl/N-ethyl adjacent to an activating group) is 1. The van der Waals surface area contributed by atoms with Gasteiger partial charge in [-0.15, -0.1) is 0 Å². The van der Waals surface area contributed by atoms with E-state index in [4.69, 9.17) is 5.73 Å². The van der Waals surface area contributed by atoms with Gasteiger partial charge < -0.3 is 11.1 Å². The lowest BCUT2D eigenvalue weighted by molar-refractivity contribution is -0.124. The van der Waals surface area contributed by atoms with Crippen molar-refractivity contribution in [2.75, 3.05) is 27.2 Å². The highest BCUT2D eigenvalue weighted by Gasteiger charge is 2.18. The highest BCUT2D eigenvalue weighted by molar-refractivity contribution is 5.96. The van der Waals surface area contributed by atoms with Gasteiger partial charge in [-0.25, -0.2) is 4.79 Å². The first kappa shape index (κ1) is 12.9. The third-order valence-corrected chi connectivity index (χ3v) is 1.99. The molecule has 1 unspecified atom stereocenters. The molecule has 0 heterocycles. The fourth-order valence-corrected chi connectivity index (χ4v) is 0.876. The number of hydrogen-bond donors (Lipinski definition) is 3. The highest BCUT2D eigenvalue weighted by Crippen LogP contribution is 1.93. The average Bonchev–Trinajstić information content (AvgIpc) is 2.16. The van der Waals surface area contributed by atoms with Gasteiger partial charge >= 0.3 is 6.03 Å². The maximum absolute atomic E-state index is 11.4. The summed E-state index contributed by atoms with van der Waals surface area (Å²) in [5.74, 6) is -0.333. The molecule has 0 saturated carbocycles. The van der Waals surface area contributed by atoms with E-state index in [2.05, 4.69) is 10.6 Å². The van der Waals surface area contributed by atoms with E-state index in [-0.39, 0.29) is 11.9 Å². The average molecular weight is 202 g/mol. The molecule has 0 spiro atoms. The molecule has 0 aliphatic carbocycles. The largest absolute Gasteiger partial charge is 0.341 e. The topological polar surface area (TPSA) is 87.5 Å². The van der Waals surface area contributed by atoms with E-state index >= 15 is 0 Å². The highest BCUT2D eigenvalue weighted by atomic mass is 16.2. The summed E-state index contributed by atoms with van der Waals surface area (Å²) in [7, 11) is 3.23. The van der Waals surface area contributed by atoms with Gasteiger partial charge in [0.15, 0.2) is 0 Å². The zero-order chi connectivity index (χ0) is 11.1. The molecule has 6 nitrogen and oxygen atoms in total. The minimum absolute atomic E-state index is 0.333. The third-order valence-electron chi connectivity index (χ3n) is 1.99. The van der Waals surface area contributed by atoms with E-state index in [0.29, 0.717) is 13.1 Å². The molecule has 0 aromatic rings. The van der Waals surface area contributed by atoms with E-state index in [1.165, 1.54) is 7.05 Å². The summed E-state index contributed by atoms with van der Waals surface area (Å²) < 4.78 is 0. The summed E-state index contributed by atoms with van der Waals surface area (Å²) in [4.78, 5) is 24.0. The second kappa shape index (κ2) is 6.33. The standard InChI is InChI=1S/C8H18N4O2/c1-6(12(3)5-4-9)7(13)11-8(14)10-2/h6H,4-5,9H2,1-3H3,(H2,10,11,13,14). The van der Waals surface area contributed by atoms with E-state index in [1.54, 1.807) is 18.9 Å². The van der Waals surface area contributed by atoms with Gasteiger partial charge in [0.2, 0.25) is 5.91 Å². The fourth-order valence-electron chi connectivity index (χ4n) is 0.876. The first-order chi connectivity index (χ1) is 6.52. The van der Waals surface area contributed by atoms with Gasteiger partial charge in [0.1, 0.15) is 0 Å². The normalized spacial score (nSPS) is 12.4. The molecule has 3 amide bonds. The molecule has 0 bridgehead atoms. The van der Waals surface area contributed by atoms with Crippen LogP contribution in [0.15, 0.2) is 0 Å². The molecule has 0 saturated heterocycles. The van der Waals surface area contributed by atoms with Crippen LogP contribution in [0.3, 0.4) is 0 Å². The third kappa shape index (κ3) is 4.20. The van der Waals surface area contributed by atoms with Crippen LogP contribution in [0.1, 0.15) is 6.92 Å². The zero-order valence-corrected chi connectivity index (χ0v) is 8.83. The van der Waals surface area contributed by atoms with E-state index in [9.17, 15) is 9.59 Å². The SMILES string of the molecule is CNC(=O)NC(=O)C(C)N(C)CCN. The van der Waals surface area contributed by atoms with Crippen molar-refractivity contribution < 1.29 is 9.59 Å². The van der Waals surface area contributed by atoms with Crippen molar-refractivity contribution in [3.63, 3.8) is 0 Å². The first-order valence-electron chi connectivity index (χ1n) is 4.45.